The smallest absolute Gasteiger partial charge is 0.316 e. The first-order chi connectivity index (χ1) is 5.18. The zero-order valence-electron chi connectivity index (χ0n) is 6.66. The fourth-order valence-corrected chi connectivity index (χ4v) is 0.667. The summed E-state index contributed by atoms with van der Waals surface area (Å²) in [5, 5.41) is 8.73. The number of aliphatic hydroxyl groups excluding tert-OH is 1. The van der Waals surface area contributed by atoms with Crippen molar-refractivity contribution in [2.45, 2.75) is 32.8 Å². The Labute approximate surface area is 65.2 Å². The van der Waals surface area contributed by atoms with Gasteiger partial charge in [0.05, 0.1) is 18.9 Å². The van der Waals surface area contributed by atoms with Gasteiger partial charge in [-0.2, -0.15) is 0 Å². The van der Waals surface area contributed by atoms with Gasteiger partial charge in [-0.25, -0.2) is 0 Å². The average molecular weight is 160 g/mol. The van der Waals surface area contributed by atoms with Crippen molar-refractivity contribution in [2.75, 3.05) is 0 Å². The molecule has 1 aliphatic heterocycles. The number of rotatable bonds is 0. The average Bonchev–Trinajstić information content (AvgIpc) is 1.88. The van der Waals surface area contributed by atoms with Gasteiger partial charge in [0.15, 0.2) is 0 Å². The largest absolute Gasteiger partial charge is 0.393 e. The zero-order chi connectivity index (χ0) is 8.85. The second kappa shape index (κ2) is 4.85. The quantitative estimate of drug-likeness (QED) is 0.407. The number of carbonyl (C=O) groups excluding carboxylic acids is 2. The molecule has 1 fully saturated rings. The van der Waals surface area contributed by atoms with Crippen LogP contribution in [0.5, 0.6) is 0 Å². The van der Waals surface area contributed by atoms with Crippen molar-refractivity contribution in [1.82, 2.24) is 0 Å². The fraction of sp³-hybridized carbons (Fsp3) is 0.714. The highest BCUT2D eigenvalue weighted by Crippen LogP contribution is 2.07. The maximum absolute atomic E-state index is 10.3. The highest BCUT2D eigenvalue weighted by atomic mass is 16.6. The third-order valence-corrected chi connectivity index (χ3v) is 1.03. The lowest BCUT2D eigenvalue weighted by Crippen LogP contribution is -2.28. The van der Waals surface area contributed by atoms with Crippen molar-refractivity contribution in [2.24, 2.45) is 0 Å². The monoisotopic (exact) mass is 160 g/mol. The van der Waals surface area contributed by atoms with E-state index >= 15 is 0 Å². The third-order valence-electron chi connectivity index (χ3n) is 1.03. The van der Waals surface area contributed by atoms with Gasteiger partial charge in [-0.15, -0.1) is 0 Å². The minimum Gasteiger partial charge on any atom is -0.393 e. The summed E-state index contributed by atoms with van der Waals surface area (Å²) in [5.41, 5.74) is 0. The number of carbonyl (C=O) groups is 2. The Bertz CT molecular complexity index is 137. The molecule has 0 radical (unpaired) electrons. The van der Waals surface area contributed by atoms with E-state index in [1.165, 1.54) is 0 Å². The molecule has 0 unspecified atom stereocenters. The van der Waals surface area contributed by atoms with Crippen LogP contribution >= 0.6 is 0 Å². The van der Waals surface area contributed by atoms with Gasteiger partial charge in [0.2, 0.25) is 0 Å². The third kappa shape index (κ3) is 3.72. The molecule has 4 heteroatoms. The maximum atomic E-state index is 10.3. The lowest BCUT2D eigenvalue weighted by Gasteiger charge is -2.13. The minimum absolute atomic E-state index is 0.0638. The molecule has 64 valence electrons. The number of hydrogen-bond donors (Lipinski definition) is 1. The molecule has 1 saturated heterocycles. The number of ether oxygens (including phenoxy) is 1. The van der Waals surface area contributed by atoms with Crippen molar-refractivity contribution in [3.63, 3.8) is 0 Å². The first-order valence-corrected chi connectivity index (χ1v) is 3.60. The Morgan fingerprint density at radius 1 is 1.27 bits per heavy atom. The van der Waals surface area contributed by atoms with Crippen LogP contribution < -0.4 is 0 Å². The summed E-state index contributed by atoms with van der Waals surface area (Å²) in [6, 6.07) is 0. The lowest BCUT2D eigenvalue weighted by atomic mass is 10.1. The van der Waals surface area contributed by atoms with E-state index in [0.717, 1.165) is 0 Å². The molecule has 0 aromatic carbocycles. The Hall–Kier alpha value is -0.900. The molecule has 0 aliphatic carbocycles. The Kier molecular flexibility index (Phi) is 4.45. The predicted molar refractivity (Wildman–Crippen MR) is 37.7 cm³/mol. The highest BCUT2D eigenvalue weighted by Gasteiger charge is 2.24. The van der Waals surface area contributed by atoms with Crippen LogP contribution in [0.15, 0.2) is 0 Å². The predicted octanol–water partition coefficient (Wildman–Crippen LogP) is 0.237. The van der Waals surface area contributed by atoms with Crippen molar-refractivity contribution >= 4 is 11.9 Å². The standard InChI is InChI=1S/C5H6O4.C2H6/c6-3-1-4(7)9-5(8)2-3;1-2/h3,6H,1-2H2;1-2H3. The van der Waals surface area contributed by atoms with Crippen molar-refractivity contribution in [3.8, 4) is 0 Å². The van der Waals surface area contributed by atoms with Crippen LogP contribution in [0.4, 0.5) is 0 Å². The molecule has 0 atom stereocenters. The van der Waals surface area contributed by atoms with Gasteiger partial charge < -0.3 is 9.84 Å². The first kappa shape index (κ1) is 10.1. The normalized spacial score (nSPS) is 18.5. The molecule has 0 saturated carbocycles. The molecule has 0 aromatic rings. The van der Waals surface area contributed by atoms with Gasteiger partial charge in [0.1, 0.15) is 0 Å². The molecule has 11 heavy (non-hydrogen) atoms. The summed E-state index contributed by atoms with van der Waals surface area (Å²) in [6.07, 6.45) is -0.962. The molecule has 1 rings (SSSR count). The summed E-state index contributed by atoms with van der Waals surface area (Å²) in [6.45, 7) is 4.00. The molecule has 4 nitrogen and oxygen atoms in total. The summed E-state index contributed by atoms with van der Waals surface area (Å²) < 4.78 is 4.12. The molecule has 1 aliphatic rings. The van der Waals surface area contributed by atoms with E-state index in [0.29, 0.717) is 0 Å². The van der Waals surface area contributed by atoms with Crippen LogP contribution in [-0.2, 0) is 14.3 Å². The molecule has 0 spiro atoms. The first-order valence-electron chi connectivity index (χ1n) is 3.60. The molecule has 0 aromatic heterocycles. The van der Waals surface area contributed by atoms with E-state index < -0.39 is 18.0 Å². The van der Waals surface area contributed by atoms with Gasteiger partial charge in [-0.05, 0) is 0 Å². The van der Waals surface area contributed by atoms with E-state index in [1.807, 2.05) is 13.8 Å². The van der Waals surface area contributed by atoms with E-state index in [-0.39, 0.29) is 12.8 Å². The molecular formula is C7H12O4. The SMILES string of the molecule is CC.O=C1CC(O)CC(=O)O1. The van der Waals surface area contributed by atoms with E-state index in [1.54, 1.807) is 0 Å². The Morgan fingerprint density at radius 3 is 1.91 bits per heavy atom. The van der Waals surface area contributed by atoms with Gasteiger partial charge in [0, 0.05) is 0 Å². The summed E-state index contributed by atoms with van der Waals surface area (Å²) in [5.74, 6) is -1.28. The van der Waals surface area contributed by atoms with Crippen LogP contribution in [0, 0.1) is 0 Å². The summed E-state index contributed by atoms with van der Waals surface area (Å²) in [4.78, 5) is 20.6. The van der Waals surface area contributed by atoms with Crippen LogP contribution in [0.1, 0.15) is 26.7 Å². The van der Waals surface area contributed by atoms with Crippen molar-refractivity contribution in [3.05, 3.63) is 0 Å². The fourth-order valence-electron chi connectivity index (χ4n) is 0.667. The van der Waals surface area contributed by atoms with Crippen LogP contribution in [0.2, 0.25) is 0 Å². The zero-order valence-corrected chi connectivity index (χ0v) is 6.66. The maximum Gasteiger partial charge on any atom is 0.316 e. The summed E-state index contributed by atoms with van der Waals surface area (Å²) in [7, 11) is 0. The molecule has 0 amide bonds. The number of aliphatic hydroxyl groups is 1. The van der Waals surface area contributed by atoms with Crippen molar-refractivity contribution in [1.29, 1.82) is 0 Å². The molecule has 1 N–H and O–H groups in total. The number of hydrogen-bond acceptors (Lipinski definition) is 4. The van der Waals surface area contributed by atoms with E-state index in [4.69, 9.17) is 5.11 Å². The molecule has 1 heterocycles. The van der Waals surface area contributed by atoms with E-state index in [2.05, 4.69) is 4.74 Å². The second-order valence-corrected chi connectivity index (χ2v) is 1.91. The minimum atomic E-state index is -0.834. The highest BCUT2D eigenvalue weighted by molar-refractivity contribution is 5.88. The second-order valence-electron chi connectivity index (χ2n) is 1.91. The Balaban J connectivity index is 0.000000461. The van der Waals surface area contributed by atoms with Crippen LogP contribution in [-0.4, -0.2) is 23.1 Å². The number of cyclic esters (lactones) is 2. The molecule has 0 bridgehead atoms. The van der Waals surface area contributed by atoms with Crippen LogP contribution in [0.3, 0.4) is 0 Å². The Morgan fingerprint density at radius 2 is 1.64 bits per heavy atom. The van der Waals surface area contributed by atoms with E-state index in [9.17, 15) is 9.59 Å². The number of esters is 2. The van der Waals surface area contributed by atoms with Gasteiger partial charge >= 0.3 is 11.9 Å². The van der Waals surface area contributed by atoms with Gasteiger partial charge in [-0.1, -0.05) is 13.8 Å². The summed E-state index contributed by atoms with van der Waals surface area (Å²) >= 11 is 0. The topological polar surface area (TPSA) is 63.6 Å². The lowest BCUT2D eigenvalue weighted by molar-refractivity contribution is -0.167. The van der Waals surface area contributed by atoms with Gasteiger partial charge in [0.25, 0.3) is 0 Å². The van der Waals surface area contributed by atoms with Gasteiger partial charge in [-0.3, -0.25) is 9.59 Å². The molecular weight excluding hydrogens is 148 g/mol. The van der Waals surface area contributed by atoms with Crippen LogP contribution in [0.25, 0.3) is 0 Å². The van der Waals surface area contributed by atoms with Crippen molar-refractivity contribution < 1.29 is 19.4 Å².